The molecule has 5 heteroatoms. The van der Waals surface area contributed by atoms with Gasteiger partial charge in [0.1, 0.15) is 11.6 Å². The molecule has 0 amide bonds. The normalized spacial score (nSPS) is 10.5. The van der Waals surface area contributed by atoms with Crippen LogP contribution in [0.25, 0.3) is 0 Å². The molecule has 0 atom stereocenters. The maximum atomic E-state index is 13.6. The first kappa shape index (κ1) is 13.3. The molecule has 2 nitrogen and oxygen atoms in total. The van der Waals surface area contributed by atoms with Gasteiger partial charge in [0.15, 0.2) is 0 Å². The molecule has 1 aromatic carbocycles. The molecule has 0 saturated carbocycles. The Labute approximate surface area is 119 Å². The number of aromatic nitrogens is 1. The summed E-state index contributed by atoms with van der Waals surface area (Å²) in [6.45, 7) is 1.68. The van der Waals surface area contributed by atoms with Gasteiger partial charge in [0, 0.05) is 17.7 Å². The molecule has 0 N–H and O–H groups in total. The zero-order chi connectivity index (χ0) is 13.3. The van der Waals surface area contributed by atoms with Gasteiger partial charge in [-0.25, -0.2) is 9.37 Å². The molecule has 0 aliphatic carbocycles. The number of hydrogen-bond donors (Lipinski definition) is 0. The van der Waals surface area contributed by atoms with Crippen molar-refractivity contribution in [1.82, 2.24) is 4.98 Å². The molecule has 0 aliphatic rings. The molecular weight excluding hydrogens is 319 g/mol. The Bertz CT molecular complexity index is 572. The molecule has 0 fully saturated rings. The van der Waals surface area contributed by atoms with Crippen molar-refractivity contribution in [2.24, 2.45) is 0 Å². The number of nitrogens with zero attached hydrogens (tertiary/aromatic N) is 2. The first-order valence-corrected chi connectivity index (χ1v) is 6.47. The van der Waals surface area contributed by atoms with Crippen molar-refractivity contribution in [3.05, 3.63) is 51.3 Å². The standard InChI is InChI=1S/C13H11BrClFN2/c1-8-5-10(15)12(6-11(8)16)18(2)13-4-3-9(14)7-17-13/h3-7H,1-2H3. The SMILES string of the molecule is Cc1cc(Cl)c(N(C)c2ccc(Br)cn2)cc1F. The number of benzene rings is 1. The summed E-state index contributed by atoms with van der Waals surface area (Å²) in [6, 6.07) is 6.73. The minimum atomic E-state index is -0.279. The predicted molar refractivity (Wildman–Crippen MR) is 76.1 cm³/mol. The van der Waals surface area contributed by atoms with Gasteiger partial charge in [0.25, 0.3) is 0 Å². The summed E-state index contributed by atoms with van der Waals surface area (Å²) in [6.07, 6.45) is 1.68. The number of anilines is 2. The molecule has 0 bridgehead atoms. The molecule has 0 aliphatic heterocycles. The van der Waals surface area contributed by atoms with Gasteiger partial charge >= 0.3 is 0 Å². The zero-order valence-corrected chi connectivity index (χ0v) is 12.3. The topological polar surface area (TPSA) is 16.1 Å². The van der Waals surface area contributed by atoms with E-state index < -0.39 is 0 Å². The molecule has 18 heavy (non-hydrogen) atoms. The van der Waals surface area contributed by atoms with Gasteiger partial charge in [0.05, 0.1) is 10.7 Å². The highest BCUT2D eigenvalue weighted by atomic mass is 79.9. The van der Waals surface area contributed by atoms with Crippen LogP contribution in [-0.4, -0.2) is 12.0 Å². The molecule has 94 valence electrons. The van der Waals surface area contributed by atoms with Crippen molar-refractivity contribution in [3.63, 3.8) is 0 Å². The lowest BCUT2D eigenvalue weighted by molar-refractivity contribution is 0.618. The maximum absolute atomic E-state index is 13.6. The van der Waals surface area contributed by atoms with Crippen molar-refractivity contribution in [2.75, 3.05) is 11.9 Å². The summed E-state index contributed by atoms with van der Waals surface area (Å²) in [5, 5.41) is 0.501. The van der Waals surface area contributed by atoms with Crippen LogP contribution in [0.3, 0.4) is 0 Å². The highest BCUT2D eigenvalue weighted by molar-refractivity contribution is 9.10. The van der Waals surface area contributed by atoms with Crippen LogP contribution in [0.15, 0.2) is 34.9 Å². The Kier molecular flexibility index (Phi) is 3.88. The molecule has 2 aromatic rings. The molecule has 1 heterocycles. The number of hydrogen-bond acceptors (Lipinski definition) is 2. The Morgan fingerprint density at radius 3 is 2.67 bits per heavy atom. The quantitative estimate of drug-likeness (QED) is 0.793. The van der Waals surface area contributed by atoms with E-state index in [0.29, 0.717) is 22.1 Å². The third-order valence-corrected chi connectivity index (χ3v) is 3.42. The summed E-state index contributed by atoms with van der Waals surface area (Å²) >= 11 is 9.45. The lowest BCUT2D eigenvalue weighted by Gasteiger charge is -2.20. The average Bonchev–Trinajstić information content (AvgIpc) is 2.34. The summed E-state index contributed by atoms with van der Waals surface area (Å²) in [5.74, 6) is 0.418. The van der Waals surface area contributed by atoms with E-state index in [0.717, 1.165) is 4.47 Å². The molecule has 2 rings (SSSR count). The second-order valence-corrected chi connectivity index (χ2v) is 5.27. The third-order valence-electron chi connectivity index (χ3n) is 2.64. The van der Waals surface area contributed by atoms with Gasteiger partial charge in [-0.3, -0.25) is 0 Å². The van der Waals surface area contributed by atoms with Crippen LogP contribution in [0.4, 0.5) is 15.9 Å². The minimum Gasteiger partial charge on any atom is -0.328 e. The number of halogens is 3. The fourth-order valence-electron chi connectivity index (χ4n) is 1.58. The van der Waals surface area contributed by atoms with Crippen molar-refractivity contribution in [2.45, 2.75) is 6.92 Å². The number of pyridine rings is 1. The lowest BCUT2D eigenvalue weighted by atomic mass is 10.2. The van der Waals surface area contributed by atoms with Gasteiger partial charge in [-0.1, -0.05) is 11.6 Å². The minimum absolute atomic E-state index is 0.279. The van der Waals surface area contributed by atoms with Crippen LogP contribution >= 0.6 is 27.5 Å². The van der Waals surface area contributed by atoms with Gasteiger partial charge in [-0.05, 0) is 52.7 Å². The second-order valence-electron chi connectivity index (χ2n) is 3.95. The largest absolute Gasteiger partial charge is 0.328 e. The van der Waals surface area contributed by atoms with Crippen molar-refractivity contribution < 1.29 is 4.39 Å². The van der Waals surface area contributed by atoms with Crippen LogP contribution in [-0.2, 0) is 0 Å². The molecule has 1 aromatic heterocycles. The monoisotopic (exact) mass is 328 g/mol. The third kappa shape index (κ3) is 2.65. The van der Waals surface area contributed by atoms with Gasteiger partial charge < -0.3 is 4.90 Å². The summed E-state index contributed by atoms with van der Waals surface area (Å²) < 4.78 is 14.5. The summed E-state index contributed by atoms with van der Waals surface area (Å²) in [4.78, 5) is 5.99. The van der Waals surface area contributed by atoms with E-state index in [1.807, 2.05) is 12.1 Å². The number of aryl methyl sites for hydroxylation is 1. The van der Waals surface area contributed by atoms with Crippen LogP contribution in [0.2, 0.25) is 5.02 Å². The average molecular weight is 330 g/mol. The van der Waals surface area contributed by atoms with Crippen LogP contribution in [0, 0.1) is 12.7 Å². The summed E-state index contributed by atoms with van der Waals surface area (Å²) in [5.41, 5.74) is 1.12. The van der Waals surface area contributed by atoms with Gasteiger partial charge in [-0.15, -0.1) is 0 Å². The van der Waals surface area contributed by atoms with E-state index >= 15 is 0 Å². The highest BCUT2D eigenvalue weighted by Crippen LogP contribution is 2.31. The van der Waals surface area contributed by atoms with E-state index in [4.69, 9.17) is 11.6 Å². The van der Waals surface area contributed by atoms with Crippen molar-refractivity contribution in [3.8, 4) is 0 Å². The van der Waals surface area contributed by atoms with Crippen LogP contribution in [0.1, 0.15) is 5.56 Å². The predicted octanol–water partition coefficient (Wildman–Crippen LogP) is 4.71. The van der Waals surface area contributed by atoms with E-state index in [9.17, 15) is 4.39 Å². The molecule has 0 radical (unpaired) electrons. The second kappa shape index (κ2) is 5.24. The van der Waals surface area contributed by atoms with Crippen molar-refractivity contribution in [1.29, 1.82) is 0 Å². The highest BCUT2D eigenvalue weighted by Gasteiger charge is 2.12. The van der Waals surface area contributed by atoms with E-state index in [2.05, 4.69) is 20.9 Å². The fraction of sp³-hybridized carbons (Fsp3) is 0.154. The van der Waals surface area contributed by atoms with Crippen LogP contribution in [0.5, 0.6) is 0 Å². The van der Waals surface area contributed by atoms with Gasteiger partial charge in [-0.2, -0.15) is 0 Å². The van der Waals surface area contributed by atoms with Crippen molar-refractivity contribution >= 4 is 39.0 Å². The molecule has 0 saturated heterocycles. The van der Waals surface area contributed by atoms with Gasteiger partial charge in [0.2, 0.25) is 0 Å². The van der Waals surface area contributed by atoms with E-state index in [1.54, 1.807) is 31.1 Å². The number of rotatable bonds is 2. The Morgan fingerprint density at radius 2 is 2.06 bits per heavy atom. The maximum Gasteiger partial charge on any atom is 0.132 e. The zero-order valence-electron chi connectivity index (χ0n) is 9.92. The van der Waals surface area contributed by atoms with E-state index in [-0.39, 0.29) is 5.82 Å². The first-order valence-electron chi connectivity index (χ1n) is 5.30. The molecular formula is C13H11BrClFN2. The Hall–Kier alpha value is -1.13. The molecule has 0 unspecified atom stereocenters. The smallest absolute Gasteiger partial charge is 0.132 e. The van der Waals surface area contributed by atoms with Crippen LogP contribution < -0.4 is 4.90 Å². The fourth-order valence-corrected chi connectivity index (χ4v) is 2.16. The Balaban J connectivity index is 2.42. The summed E-state index contributed by atoms with van der Waals surface area (Å²) in [7, 11) is 1.80. The lowest BCUT2D eigenvalue weighted by Crippen LogP contribution is -2.12. The first-order chi connectivity index (χ1) is 8.49. The Morgan fingerprint density at radius 1 is 1.33 bits per heavy atom. The van der Waals surface area contributed by atoms with E-state index in [1.165, 1.54) is 6.07 Å². The molecule has 0 spiro atoms.